The maximum atomic E-state index is 11.0. The fraction of sp³-hybridized carbons (Fsp3) is 0.857. The van der Waals surface area contributed by atoms with E-state index in [1.807, 2.05) is 27.0 Å². The van der Waals surface area contributed by atoms with Crippen LogP contribution in [-0.2, 0) is 0 Å². The first-order valence-electron chi connectivity index (χ1n) is 3.66. The average Bonchev–Trinajstić information content (AvgIpc) is 1.85. The predicted octanol–water partition coefficient (Wildman–Crippen LogP) is 1.40. The van der Waals surface area contributed by atoms with Crippen molar-refractivity contribution in [1.82, 2.24) is 10.6 Å². The highest BCUT2D eigenvalue weighted by molar-refractivity contribution is 7.99. The molecule has 0 aromatic heterocycles. The highest BCUT2D eigenvalue weighted by atomic mass is 32.2. The van der Waals surface area contributed by atoms with E-state index in [4.69, 9.17) is 0 Å². The lowest BCUT2D eigenvalue weighted by molar-refractivity contribution is 0.238. The minimum Gasteiger partial charge on any atom is -0.336 e. The summed E-state index contributed by atoms with van der Waals surface area (Å²) in [6.07, 6.45) is 1.96. The van der Waals surface area contributed by atoms with Crippen molar-refractivity contribution in [2.75, 3.05) is 6.26 Å². The summed E-state index contributed by atoms with van der Waals surface area (Å²) in [5, 5.41) is 5.69. The minimum absolute atomic E-state index is 0.0955. The molecule has 11 heavy (non-hydrogen) atoms. The number of thioether (sulfide) groups is 1. The third kappa shape index (κ3) is 6.04. The second kappa shape index (κ2) is 5.29. The van der Waals surface area contributed by atoms with Gasteiger partial charge < -0.3 is 10.6 Å². The molecule has 0 saturated carbocycles. The minimum atomic E-state index is -0.0955. The molecule has 2 amide bonds. The van der Waals surface area contributed by atoms with Crippen molar-refractivity contribution in [3.05, 3.63) is 0 Å². The van der Waals surface area contributed by atoms with Crippen molar-refractivity contribution in [3.8, 4) is 0 Å². The first kappa shape index (κ1) is 10.6. The van der Waals surface area contributed by atoms with Crippen LogP contribution in [0.15, 0.2) is 0 Å². The van der Waals surface area contributed by atoms with Gasteiger partial charge in [0.2, 0.25) is 0 Å². The largest absolute Gasteiger partial charge is 0.336 e. The zero-order valence-corrected chi connectivity index (χ0v) is 8.29. The zero-order valence-electron chi connectivity index (χ0n) is 7.47. The van der Waals surface area contributed by atoms with Crippen LogP contribution in [-0.4, -0.2) is 23.7 Å². The fourth-order valence-corrected chi connectivity index (χ4v) is 0.772. The molecule has 0 heterocycles. The molecule has 2 N–H and O–H groups in total. The number of carbonyl (C=O) groups excluding carboxylic acids is 1. The van der Waals surface area contributed by atoms with Gasteiger partial charge in [-0.15, -0.1) is 11.8 Å². The van der Waals surface area contributed by atoms with Crippen LogP contribution in [0.1, 0.15) is 20.8 Å². The lowest BCUT2D eigenvalue weighted by Gasteiger charge is -2.13. The van der Waals surface area contributed by atoms with Crippen molar-refractivity contribution in [3.63, 3.8) is 0 Å². The van der Waals surface area contributed by atoms with E-state index in [9.17, 15) is 4.79 Å². The van der Waals surface area contributed by atoms with Crippen LogP contribution >= 0.6 is 11.8 Å². The van der Waals surface area contributed by atoms with E-state index in [-0.39, 0.29) is 17.4 Å². The lowest BCUT2D eigenvalue weighted by atomic mass is 10.4. The van der Waals surface area contributed by atoms with Crippen LogP contribution in [0.3, 0.4) is 0 Å². The molecule has 0 aliphatic heterocycles. The van der Waals surface area contributed by atoms with Gasteiger partial charge in [-0.1, -0.05) is 0 Å². The normalized spacial score (nSPS) is 12.8. The Morgan fingerprint density at radius 3 is 2.18 bits per heavy atom. The molecule has 4 heteroatoms. The fourth-order valence-electron chi connectivity index (χ4n) is 0.547. The average molecular weight is 176 g/mol. The highest BCUT2D eigenvalue weighted by Gasteiger charge is 2.04. The van der Waals surface area contributed by atoms with E-state index in [2.05, 4.69) is 10.6 Å². The number of rotatable bonds is 3. The van der Waals surface area contributed by atoms with Crippen molar-refractivity contribution >= 4 is 17.8 Å². The van der Waals surface area contributed by atoms with E-state index >= 15 is 0 Å². The molecule has 1 atom stereocenters. The molecule has 3 nitrogen and oxygen atoms in total. The van der Waals surface area contributed by atoms with Gasteiger partial charge in [0.05, 0.1) is 5.37 Å². The van der Waals surface area contributed by atoms with Gasteiger partial charge in [0.25, 0.3) is 0 Å². The lowest BCUT2D eigenvalue weighted by Crippen LogP contribution is -2.42. The van der Waals surface area contributed by atoms with Gasteiger partial charge in [-0.2, -0.15) is 0 Å². The molecule has 0 rings (SSSR count). The summed E-state index contributed by atoms with van der Waals surface area (Å²) < 4.78 is 0. The number of urea groups is 1. The van der Waals surface area contributed by atoms with Crippen LogP contribution in [0.2, 0.25) is 0 Å². The van der Waals surface area contributed by atoms with Crippen molar-refractivity contribution in [1.29, 1.82) is 0 Å². The van der Waals surface area contributed by atoms with Gasteiger partial charge in [-0.25, -0.2) is 4.79 Å². The molecule has 0 aromatic rings. The summed E-state index contributed by atoms with van der Waals surface area (Å²) in [7, 11) is 0. The molecule has 66 valence electrons. The molecule has 0 aromatic carbocycles. The zero-order chi connectivity index (χ0) is 8.85. The van der Waals surface area contributed by atoms with Crippen LogP contribution < -0.4 is 10.6 Å². The Kier molecular flexibility index (Phi) is 5.11. The van der Waals surface area contributed by atoms with Gasteiger partial charge >= 0.3 is 6.03 Å². The molecular formula is C7H16N2OS. The topological polar surface area (TPSA) is 41.1 Å². The second-order valence-electron chi connectivity index (χ2n) is 2.65. The molecule has 1 unspecified atom stereocenters. The number of carbonyl (C=O) groups is 1. The van der Waals surface area contributed by atoms with Gasteiger partial charge in [-0.3, -0.25) is 0 Å². The third-order valence-corrected chi connectivity index (χ3v) is 1.93. The van der Waals surface area contributed by atoms with E-state index < -0.39 is 0 Å². The van der Waals surface area contributed by atoms with Gasteiger partial charge in [0.1, 0.15) is 0 Å². The standard InChI is InChI=1S/C7H16N2OS/c1-5(2)8-7(10)9-6(3)11-4/h5-6H,1-4H3,(H2,8,9,10). The summed E-state index contributed by atoms with van der Waals surface area (Å²) in [5.74, 6) is 0. The van der Waals surface area contributed by atoms with Crippen molar-refractivity contribution < 1.29 is 4.79 Å². The number of amides is 2. The summed E-state index contributed by atoms with van der Waals surface area (Å²) in [6.45, 7) is 5.82. The first-order valence-corrected chi connectivity index (χ1v) is 4.95. The second-order valence-corrected chi connectivity index (χ2v) is 3.83. The molecule has 0 aliphatic carbocycles. The van der Waals surface area contributed by atoms with E-state index in [1.54, 1.807) is 11.8 Å². The van der Waals surface area contributed by atoms with E-state index in [0.29, 0.717) is 0 Å². The highest BCUT2D eigenvalue weighted by Crippen LogP contribution is 1.99. The SMILES string of the molecule is CSC(C)NC(=O)NC(C)C. The maximum Gasteiger partial charge on any atom is 0.315 e. The first-order chi connectivity index (χ1) is 5.06. The summed E-state index contributed by atoms with van der Waals surface area (Å²) in [4.78, 5) is 11.0. The molecular weight excluding hydrogens is 160 g/mol. The Hall–Kier alpha value is -0.380. The Labute approximate surface area is 72.3 Å². The predicted molar refractivity (Wildman–Crippen MR) is 49.8 cm³/mol. The Bertz CT molecular complexity index is 128. The molecule has 0 radical (unpaired) electrons. The van der Waals surface area contributed by atoms with Crippen molar-refractivity contribution in [2.24, 2.45) is 0 Å². The molecule has 0 fully saturated rings. The number of hydrogen-bond acceptors (Lipinski definition) is 2. The van der Waals surface area contributed by atoms with E-state index in [0.717, 1.165) is 0 Å². The Morgan fingerprint density at radius 1 is 1.27 bits per heavy atom. The number of hydrogen-bond donors (Lipinski definition) is 2. The molecule has 0 aliphatic rings. The van der Waals surface area contributed by atoms with Crippen molar-refractivity contribution in [2.45, 2.75) is 32.2 Å². The third-order valence-electron chi connectivity index (χ3n) is 1.11. The van der Waals surface area contributed by atoms with Gasteiger partial charge in [0, 0.05) is 6.04 Å². The van der Waals surface area contributed by atoms with E-state index in [1.165, 1.54) is 0 Å². The maximum absolute atomic E-state index is 11.0. The Morgan fingerprint density at radius 2 is 1.82 bits per heavy atom. The van der Waals surface area contributed by atoms with Crippen LogP contribution in [0, 0.1) is 0 Å². The molecule has 0 saturated heterocycles. The van der Waals surface area contributed by atoms with Crippen LogP contribution in [0.5, 0.6) is 0 Å². The monoisotopic (exact) mass is 176 g/mol. The summed E-state index contributed by atoms with van der Waals surface area (Å²) >= 11 is 1.61. The van der Waals surface area contributed by atoms with Gasteiger partial charge in [-0.05, 0) is 27.0 Å². The summed E-state index contributed by atoms with van der Waals surface area (Å²) in [5.41, 5.74) is 0. The summed E-state index contributed by atoms with van der Waals surface area (Å²) in [6, 6.07) is 0.103. The number of nitrogens with one attached hydrogen (secondary N) is 2. The smallest absolute Gasteiger partial charge is 0.315 e. The molecule has 0 bridgehead atoms. The van der Waals surface area contributed by atoms with Crippen LogP contribution in [0.25, 0.3) is 0 Å². The van der Waals surface area contributed by atoms with Gasteiger partial charge in [0.15, 0.2) is 0 Å². The quantitative estimate of drug-likeness (QED) is 0.638. The molecule has 0 spiro atoms. The Balaban J connectivity index is 3.52. The van der Waals surface area contributed by atoms with Crippen LogP contribution in [0.4, 0.5) is 4.79 Å².